The van der Waals surface area contributed by atoms with E-state index in [0.717, 1.165) is 17.8 Å². The number of ether oxygens (including phenoxy) is 2. The smallest absolute Gasteiger partial charge is 0.457 e. The summed E-state index contributed by atoms with van der Waals surface area (Å²) in [5, 5.41) is 10.6. The number of phosphoric ester groups is 1. The van der Waals surface area contributed by atoms with E-state index >= 15 is 0 Å². The van der Waals surface area contributed by atoms with Gasteiger partial charge >= 0.3 is 21.6 Å². The zero-order valence-corrected chi connectivity index (χ0v) is 17.3. The molecule has 0 saturated carbocycles. The fraction of sp³-hybridized carbons (Fsp3) is 0.500. The van der Waals surface area contributed by atoms with Gasteiger partial charge in [-0.15, -0.1) is 0 Å². The first-order valence-corrected chi connectivity index (χ1v) is 11.3. The number of phosphoric acid groups is 2. The van der Waals surface area contributed by atoms with E-state index in [1.54, 1.807) is 0 Å². The van der Waals surface area contributed by atoms with Crippen LogP contribution in [-0.4, -0.2) is 70.2 Å². The van der Waals surface area contributed by atoms with Crippen LogP contribution in [0.5, 0.6) is 0 Å². The maximum Gasteiger partial charge on any atom is 0.481 e. The Labute approximate surface area is 171 Å². The van der Waals surface area contributed by atoms with Gasteiger partial charge in [0.25, 0.3) is 5.56 Å². The standard InChI is InChI=1S/C12H17N5O12P2/c1-4(18)27-8-5(2-26-31(24,25)29-30(21,22)23)28-11(7(8)19)17-3-14-6-9(17)15-12(13)16-10(6)20/h3,5,7-8,11,19H,2H2,1H3,(H,24,25)(H2,21,22,23)(H3,13,15,16,20)/t5-,7-,8-,11-/m1/s1. The average molecular weight is 485 g/mol. The number of nitrogens with zero attached hydrogens (tertiary/aromatic N) is 3. The number of hydrogen-bond acceptors (Lipinski definition) is 12. The van der Waals surface area contributed by atoms with Crippen LogP contribution in [0.2, 0.25) is 0 Å². The highest BCUT2D eigenvalue weighted by molar-refractivity contribution is 7.60. The number of aromatic amines is 1. The lowest BCUT2D eigenvalue weighted by Crippen LogP contribution is -2.37. The second-order valence-corrected chi connectivity index (χ2v) is 9.07. The van der Waals surface area contributed by atoms with Crippen LogP contribution < -0.4 is 11.3 Å². The molecule has 0 spiro atoms. The van der Waals surface area contributed by atoms with Gasteiger partial charge in [-0.3, -0.25) is 23.7 Å². The summed E-state index contributed by atoms with van der Waals surface area (Å²) in [6.45, 7) is 0.141. The van der Waals surface area contributed by atoms with Crippen molar-refractivity contribution in [1.82, 2.24) is 19.5 Å². The van der Waals surface area contributed by atoms with Crippen LogP contribution in [0.3, 0.4) is 0 Å². The number of esters is 1. The molecule has 3 heterocycles. The average Bonchev–Trinajstić information content (AvgIpc) is 3.13. The molecule has 17 nitrogen and oxygen atoms in total. The fourth-order valence-corrected chi connectivity index (χ4v) is 4.47. The summed E-state index contributed by atoms with van der Waals surface area (Å²) in [5.74, 6) is -1.09. The lowest BCUT2D eigenvalue weighted by molar-refractivity contribution is -0.153. The van der Waals surface area contributed by atoms with Crippen molar-refractivity contribution in [3.63, 3.8) is 0 Å². The van der Waals surface area contributed by atoms with Crippen LogP contribution in [0.4, 0.5) is 5.95 Å². The minimum absolute atomic E-state index is 0.0777. The summed E-state index contributed by atoms with van der Waals surface area (Å²) in [5.41, 5.74) is 4.64. The molecule has 5 atom stereocenters. The van der Waals surface area contributed by atoms with Gasteiger partial charge in [0.1, 0.15) is 12.2 Å². The number of hydrogen-bond donors (Lipinski definition) is 6. The third kappa shape index (κ3) is 5.35. The van der Waals surface area contributed by atoms with E-state index in [-0.39, 0.29) is 17.1 Å². The topological polar surface area (TPSA) is 259 Å². The van der Waals surface area contributed by atoms with Gasteiger partial charge in [-0.25, -0.2) is 14.1 Å². The number of imidazole rings is 1. The number of carbonyl (C=O) groups excluding carboxylic acids is 1. The third-order valence-electron chi connectivity index (χ3n) is 3.95. The first-order chi connectivity index (χ1) is 14.3. The molecule has 0 radical (unpaired) electrons. The van der Waals surface area contributed by atoms with Crippen molar-refractivity contribution in [1.29, 1.82) is 0 Å². The summed E-state index contributed by atoms with van der Waals surface area (Å²) < 4.78 is 42.2. The molecule has 1 fully saturated rings. The number of carbonyl (C=O) groups is 1. The molecule has 2 aromatic rings. The summed E-state index contributed by atoms with van der Waals surface area (Å²) in [6, 6.07) is 0. The molecule has 1 saturated heterocycles. The van der Waals surface area contributed by atoms with Crippen LogP contribution in [0, 0.1) is 0 Å². The van der Waals surface area contributed by atoms with Crippen LogP contribution >= 0.6 is 15.6 Å². The van der Waals surface area contributed by atoms with Crippen molar-refractivity contribution in [2.24, 2.45) is 0 Å². The summed E-state index contributed by atoms with van der Waals surface area (Å²) in [6.07, 6.45) is -4.71. The lowest BCUT2D eigenvalue weighted by atomic mass is 10.1. The Morgan fingerprint density at radius 1 is 1.39 bits per heavy atom. The van der Waals surface area contributed by atoms with Crippen LogP contribution in [0.25, 0.3) is 11.2 Å². The highest BCUT2D eigenvalue weighted by Gasteiger charge is 2.48. The zero-order valence-electron chi connectivity index (χ0n) is 15.5. The molecular formula is C12H17N5O12P2. The van der Waals surface area contributed by atoms with Crippen molar-refractivity contribution in [2.45, 2.75) is 31.5 Å². The van der Waals surface area contributed by atoms with E-state index in [1.807, 2.05) is 0 Å². The number of fused-ring (bicyclic) bond motifs is 1. The maximum absolute atomic E-state index is 11.9. The predicted octanol–water partition coefficient (Wildman–Crippen LogP) is -1.88. The Morgan fingerprint density at radius 3 is 2.68 bits per heavy atom. The van der Waals surface area contributed by atoms with E-state index in [4.69, 9.17) is 25.0 Å². The van der Waals surface area contributed by atoms with Crippen molar-refractivity contribution in [3.8, 4) is 0 Å². The second-order valence-electron chi connectivity index (χ2n) is 6.24. The number of H-pyrrole nitrogens is 1. The van der Waals surface area contributed by atoms with Crippen molar-refractivity contribution < 1.29 is 52.0 Å². The van der Waals surface area contributed by atoms with Gasteiger partial charge in [-0.05, 0) is 0 Å². The normalized spacial score (nSPS) is 26.1. The molecule has 0 aliphatic carbocycles. The molecule has 19 heteroatoms. The predicted molar refractivity (Wildman–Crippen MR) is 96.9 cm³/mol. The molecule has 3 rings (SSSR count). The largest absolute Gasteiger partial charge is 0.481 e. The summed E-state index contributed by atoms with van der Waals surface area (Å²) in [4.78, 5) is 60.1. The molecule has 1 unspecified atom stereocenters. The third-order valence-corrected chi connectivity index (χ3v) is 6.10. The first-order valence-electron chi connectivity index (χ1n) is 8.25. The molecule has 2 aromatic heterocycles. The van der Waals surface area contributed by atoms with E-state index in [2.05, 4.69) is 23.8 Å². The molecule has 0 aromatic carbocycles. The van der Waals surface area contributed by atoms with Crippen LogP contribution in [0.1, 0.15) is 13.2 Å². The van der Waals surface area contributed by atoms with E-state index < -0.39 is 58.3 Å². The van der Waals surface area contributed by atoms with Crippen molar-refractivity contribution in [2.75, 3.05) is 12.3 Å². The molecule has 0 amide bonds. The van der Waals surface area contributed by atoms with Crippen LogP contribution in [-0.2, 0) is 32.2 Å². The van der Waals surface area contributed by atoms with E-state index in [1.165, 1.54) is 0 Å². The fourth-order valence-electron chi connectivity index (χ4n) is 2.88. The number of aromatic nitrogens is 4. The number of nitrogens with one attached hydrogen (secondary N) is 1. The minimum Gasteiger partial charge on any atom is -0.457 e. The SMILES string of the molecule is CC(=O)O[C@H]1[C@@H](O)[C@H](n2cnc3c(=O)[nH]c(N)nc32)O[C@@H]1COP(=O)(O)OP(=O)(O)O. The van der Waals surface area contributed by atoms with Gasteiger partial charge in [0.15, 0.2) is 23.5 Å². The molecular weight excluding hydrogens is 468 g/mol. The number of aliphatic hydroxyl groups is 1. The molecule has 172 valence electrons. The zero-order chi connectivity index (χ0) is 23.1. The maximum atomic E-state index is 11.9. The number of aliphatic hydroxyl groups excluding tert-OH is 1. The Balaban J connectivity index is 1.88. The molecule has 31 heavy (non-hydrogen) atoms. The second kappa shape index (κ2) is 8.38. The summed E-state index contributed by atoms with van der Waals surface area (Å²) >= 11 is 0. The Morgan fingerprint density at radius 2 is 2.06 bits per heavy atom. The number of rotatable bonds is 7. The van der Waals surface area contributed by atoms with Crippen LogP contribution in [0.15, 0.2) is 11.1 Å². The Bertz CT molecular complexity index is 1140. The molecule has 7 N–H and O–H groups in total. The van der Waals surface area contributed by atoms with Gasteiger partial charge in [-0.2, -0.15) is 9.29 Å². The summed E-state index contributed by atoms with van der Waals surface area (Å²) in [7, 11) is -10.6. The molecule has 1 aliphatic rings. The first kappa shape index (κ1) is 23.5. The van der Waals surface area contributed by atoms with Gasteiger partial charge in [-0.1, -0.05) is 0 Å². The Hall–Kier alpha value is -2.20. The van der Waals surface area contributed by atoms with E-state index in [9.17, 15) is 28.7 Å². The van der Waals surface area contributed by atoms with Gasteiger partial charge < -0.3 is 35.0 Å². The van der Waals surface area contributed by atoms with Crippen molar-refractivity contribution >= 4 is 38.7 Å². The highest BCUT2D eigenvalue weighted by Crippen LogP contribution is 2.57. The quantitative estimate of drug-likeness (QED) is 0.185. The van der Waals surface area contributed by atoms with Crippen molar-refractivity contribution in [3.05, 3.63) is 16.7 Å². The van der Waals surface area contributed by atoms with Gasteiger partial charge in [0, 0.05) is 6.92 Å². The number of nitrogens with two attached hydrogens (primary N) is 1. The van der Waals surface area contributed by atoms with E-state index in [0.29, 0.717) is 0 Å². The van der Waals surface area contributed by atoms with Gasteiger partial charge in [0.2, 0.25) is 5.95 Å². The van der Waals surface area contributed by atoms with Gasteiger partial charge in [0.05, 0.1) is 12.9 Å². The number of anilines is 1. The lowest BCUT2D eigenvalue weighted by Gasteiger charge is -2.20. The monoisotopic (exact) mass is 485 g/mol. The molecule has 1 aliphatic heterocycles. The highest BCUT2D eigenvalue weighted by atomic mass is 31.3. The number of nitrogen functional groups attached to an aromatic ring is 1. The minimum atomic E-state index is -5.37. The molecule has 0 bridgehead atoms. The Kier molecular flexibility index (Phi) is 6.35.